The summed E-state index contributed by atoms with van der Waals surface area (Å²) in [6, 6.07) is 5.98. The van der Waals surface area contributed by atoms with E-state index in [9.17, 15) is 14.4 Å². The third kappa shape index (κ3) is 5.81. The first kappa shape index (κ1) is 21.9. The third-order valence-corrected chi connectivity index (χ3v) is 8.83. The summed E-state index contributed by atoms with van der Waals surface area (Å²) in [7, 11) is -6.25. The molecule has 1 aromatic carbocycles. The molecule has 1 aliphatic rings. The molecule has 9 nitrogen and oxygen atoms in total. The van der Waals surface area contributed by atoms with E-state index in [2.05, 4.69) is 0 Å². The van der Waals surface area contributed by atoms with Gasteiger partial charge in [0.25, 0.3) is 17.9 Å². The highest BCUT2D eigenvalue weighted by molar-refractivity contribution is 6.67. The first-order valence-corrected chi connectivity index (χ1v) is 13.2. The molecule has 0 N–H and O–H groups in total. The first-order valence-electron chi connectivity index (χ1n) is 8.74. The van der Waals surface area contributed by atoms with Crippen molar-refractivity contribution in [3.8, 4) is 11.5 Å². The van der Waals surface area contributed by atoms with Crippen LogP contribution in [0.3, 0.4) is 0 Å². The van der Waals surface area contributed by atoms with E-state index < -0.39 is 41.5 Å². The Morgan fingerprint density at radius 1 is 1.07 bits per heavy atom. The van der Waals surface area contributed by atoms with Gasteiger partial charge in [-0.15, -0.1) is 0 Å². The standard InChI is InChI=1S/C17H24O9Si2/c1-6-27(5)22-10-15-9-16(7-8-17(15)26-27)21-11-28(23-12(2)18,24-13(3)19)25-14(4)20/h7-9H,6,10-11H2,1-5H3. The minimum atomic E-state index is -4.06. The lowest BCUT2D eigenvalue weighted by molar-refractivity contribution is -0.148. The fourth-order valence-corrected chi connectivity index (χ4v) is 6.00. The van der Waals surface area contributed by atoms with Crippen molar-refractivity contribution in [2.24, 2.45) is 0 Å². The van der Waals surface area contributed by atoms with Gasteiger partial charge in [0.1, 0.15) is 11.5 Å². The van der Waals surface area contributed by atoms with E-state index in [1.807, 2.05) is 13.5 Å². The smallest absolute Gasteiger partial charge is 0.520 e. The molecule has 0 saturated heterocycles. The Morgan fingerprint density at radius 2 is 1.64 bits per heavy atom. The fourth-order valence-electron chi connectivity index (χ4n) is 2.50. The molecule has 1 aliphatic heterocycles. The number of hydrogen-bond acceptors (Lipinski definition) is 9. The summed E-state index contributed by atoms with van der Waals surface area (Å²) in [5.74, 6) is -1.13. The molecule has 1 heterocycles. The lowest BCUT2D eigenvalue weighted by Crippen LogP contribution is -2.54. The fraction of sp³-hybridized carbons (Fsp3) is 0.471. The summed E-state index contributed by atoms with van der Waals surface area (Å²) >= 11 is 0. The van der Waals surface area contributed by atoms with Crippen LogP contribution in [0, 0.1) is 0 Å². The summed E-state index contributed by atoms with van der Waals surface area (Å²) in [4.78, 5) is 34.4. The van der Waals surface area contributed by atoms with Crippen molar-refractivity contribution in [3.63, 3.8) is 0 Å². The van der Waals surface area contributed by atoms with Gasteiger partial charge in [-0.2, -0.15) is 0 Å². The maximum absolute atomic E-state index is 11.5. The van der Waals surface area contributed by atoms with Gasteiger partial charge in [-0.25, -0.2) is 0 Å². The Morgan fingerprint density at radius 3 is 2.14 bits per heavy atom. The van der Waals surface area contributed by atoms with Crippen LogP contribution in [-0.4, -0.2) is 41.5 Å². The van der Waals surface area contributed by atoms with Crippen molar-refractivity contribution in [1.82, 2.24) is 0 Å². The molecule has 11 heteroatoms. The number of hydrogen-bond donors (Lipinski definition) is 0. The summed E-state index contributed by atoms with van der Waals surface area (Å²) in [6.45, 7) is 7.78. The molecule has 0 aliphatic carbocycles. The summed E-state index contributed by atoms with van der Waals surface area (Å²) in [5, 5.41) is 0. The quantitative estimate of drug-likeness (QED) is 0.604. The zero-order valence-corrected chi connectivity index (χ0v) is 18.5. The van der Waals surface area contributed by atoms with Crippen LogP contribution < -0.4 is 9.16 Å². The first-order chi connectivity index (χ1) is 13.1. The van der Waals surface area contributed by atoms with E-state index in [1.54, 1.807) is 18.2 Å². The maximum Gasteiger partial charge on any atom is 0.745 e. The van der Waals surface area contributed by atoms with E-state index in [0.29, 0.717) is 12.4 Å². The second-order valence-corrected chi connectivity index (χ2v) is 12.1. The van der Waals surface area contributed by atoms with Crippen LogP contribution in [0.1, 0.15) is 33.3 Å². The second-order valence-electron chi connectivity index (χ2n) is 6.40. The number of carbonyl (C=O) groups is 3. The van der Waals surface area contributed by atoms with E-state index in [4.69, 9.17) is 26.9 Å². The van der Waals surface area contributed by atoms with Crippen molar-refractivity contribution < 1.29 is 41.3 Å². The summed E-state index contributed by atoms with van der Waals surface area (Å²) < 4.78 is 32.7. The Hall–Kier alpha value is -2.38. The number of carbonyl (C=O) groups excluding carboxylic acids is 3. The topological polar surface area (TPSA) is 107 Å². The molecule has 2 rings (SSSR count). The molecule has 1 unspecified atom stereocenters. The molecule has 154 valence electrons. The van der Waals surface area contributed by atoms with E-state index >= 15 is 0 Å². The zero-order valence-electron chi connectivity index (χ0n) is 16.5. The average Bonchev–Trinajstić information content (AvgIpc) is 2.58. The van der Waals surface area contributed by atoms with Crippen molar-refractivity contribution in [3.05, 3.63) is 23.8 Å². The van der Waals surface area contributed by atoms with E-state index in [1.165, 1.54) is 0 Å². The van der Waals surface area contributed by atoms with Gasteiger partial charge in [-0.3, -0.25) is 14.4 Å². The van der Waals surface area contributed by atoms with E-state index in [-0.39, 0.29) is 0 Å². The van der Waals surface area contributed by atoms with Gasteiger partial charge in [0.05, 0.1) is 6.61 Å². The molecule has 0 fully saturated rings. The SMILES string of the molecule is CC[Si]1(C)OCc2cc(OC[Si](OC(C)=O)(OC(C)=O)OC(C)=O)ccc2O1. The number of benzene rings is 1. The van der Waals surface area contributed by atoms with Crippen LogP contribution in [0.4, 0.5) is 0 Å². The molecule has 0 spiro atoms. The van der Waals surface area contributed by atoms with Crippen molar-refractivity contribution >= 4 is 35.3 Å². The van der Waals surface area contributed by atoms with Gasteiger partial charge in [0.15, 0.2) is 6.23 Å². The molecule has 0 aromatic heterocycles. The highest BCUT2D eigenvalue weighted by atomic mass is 28.4. The third-order valence-electron chi connectivity index (χ3n) is 3.85. The van der Waals surface area contributed by atoms with Gasteiger partial charge in [0, 0.05) is 26.3 Å². The zero-order chi connectivity index (χ0) is 20.9. The predicted molar refractivity (Wildman–Crippen MR) is 101 cm³/mol. The van der Waals surface area contributed by atoms with E-state index in [0.717, 1.165) is 38.1 Å². The predicted octanol–water partition coefficient (Wildman–Crippen LogP) is 2.23. The molecular formula is C17H24O9Si2. The molecule has 0 amide bonds. The molecule has 0 saturated carbocycles. The Kier molecular flexibility index (Phi) is 6.85. The monoisotopic (exact) mass is 428 g/mol. The summed E-state index contributed by atoms with van der Waals surface area (Å²) in [6.07, 6.45) is -0.409. The highest BCUT2D eigenvalue weighted by Crippen LogP contribution is 2.33. The lowest BCUT2D eigenvalue weighted by atomic mass is 10.2. The minimum absolute atomic E-state index is 0.392. The van der Waals surface area contributed by atoms with Crippen LogP contribution in [0.25, 0.3) is 0 Å². The van der Waals surface area contributed by atoms with Gasteiger partial charge < -0.3 is 26.9 Å². The molecule has 1 atom stereocenters. The van der Waals surface area contributed by atoms with Crippen molar-refractivity contribution in [2.75, 3.05) is 6.23 Å². The van der Waals surface area contributed by atoms with Crippen LogP contribution in [-0.2, 0) is 38.7 Å². The number of fused-ring (bicyclic) bond motifs is 1. The van der Waals surface area contributed by atoms with Gasteiger partial charge in [0.2, 0.25) is 0 Å². The Labute approximate surface area is 165 Å². The molecule has 0 radical (unpaired) electrons. The van der Waals surface area contributed by atoms with Crippen LogP contribution in [0.2, 0.25) is 12.6 Å². The normalized spacial score (nSPS) is 18.3. The molecule has 0 bridgehead atoms. The van der Waals surface area contributed by atoms with Gasteiger partial charge >= 0.3 is 17.4 Å². The van der Waals surface area contributed by atoms with Crippen molar-refractivity contribution in [1.29, 1.82) is 0 Å². The Bertz CT molecular complexity index is 726. The van der Waals surface area contributed by atoms with Crippen molar-refractivity contribution in [2.45, 2.75) is 46.9 Å². The van der Waals surface area contributed by atoms with Crippen LogP contribution in [0.5, 0.6) is 11.5 Å². The minimum Gasteiger partial charge on any atom is -0.520 e. The Balaban J connectivity index is 2.19. The van der Waals surface area contributed by atoms with Gasteiger partial charge in [-0.1, -0.05) is 6.92 Å². The van der Waals surface area contributed by atoms with Crippen LogP contribution >= 0.6 is 0 Å². The number of ether oxygens (including phenoxy) is 1. The largest absolute Gasteiger partial charge is 0.745 e. The maximum atomic E-state index is 11.5. The number of rotatable bonds is 7. The second kappa shape index (κ2) is 8.75. The summed E-state index contributed by atoms with van der Waals surface area (Å²) in [5.41, 5.74) is 0.802. The molecular weight excluding hydrogens is 404 g/mol. The molecule has 1 aromatic rings. The molecule has 28 heavy (non-hydrogen) atoms. The van der Waals surface area contributed by atoms with Crippen LogP contribution in [0.15, 0.2) is 18.2 Å². The highest BCUT2D eigenvalue weighted by Gasteiger charge is 2.53. The average molecular weight is 429 g/mol. The van der Waals surface area contributed by atoms with Gasteiger partial charge in [-0.05, 0) is 30.8 Å². The lowest BCUT2D eigenvalue weighted by Gasteiger charge is -2.32.